The number of aliphatic hydroxyl groups excluding tert-OH is 4. The van der Waals surface area contributed by atoms with Crippen molar-refractivity contribution >= 4 is 0 Å². The van der Waals surface area contributed by atoms with Gasteiger partial charge in [-0.05, 0) is 47.6 Å². The molecule has 0 spiro atoms. The highest BCUT2D eigenvalue weighted by Gasteiger charge is 2.20. The molecular formula is C20H34O4. The second kappa shape index (κ2) is 8.95. The molecule has 2 unspecified atom stereocenters. The van der Waals surface area contributed by atoms with E-state index in [1.165, 1.54) is 0 Å². The maximum absolute atomic E-state index is 10.3. The Balaban J connectivity index is 2.58. The van der Waals surface area contributed by atoms with Gasteiger partial charge >= 0.3 is 0 Å². The Morgan fingerprint density at radius 3 is 1.25 bits per heavy atom. The van der Waals surface area contributed by atoms with Gasteiger partial charge in [0.15, 0.2) is 0 Å². The van der Waals surface area contributed by atoms with E-state index in [1.54, 1.807) is 0 Å². The van der Waals surface area contributed by atoms with Gasteiger partial charge in [0.05, 0.1) is 12.2 Å². The van der Waals surface area contributed by atoms with Crippen LogP contribution in [0, 0.1) is 10.8 Å². The van der Waals surface area contributed by atoms with Gasteiger partial charge in [-0.25, -0.2) is 0 Å². The van der Waals surface area contributed by atoms with Gasteiger partial charge < -0.3 is 20.4 Å². The van der Waals surface area contributed by atoms with E-state index in [0.717, 1.165) is 24.0 Å². The summed E-state index contributed by atoms with van der Waals surface area (Å²) in [5, 5.41) is 39.1. The van der Waals surface area contributed by atoms with Gasteiger partial charge in [-0.1, -0.05) is 52.0 Å². The molecule has 1 aromatic carbocycles. The van der Waals surface area contributed by atoms with E-state index in [2.05, 4.69) is 0 Å². The highest BCUT2D eigenvalue weighted by molar-refractivity contribution is 5.25. The van der Waals surface area contributed by atoms with Gasteiger partial charge in [-0.2, -0.15) is 0 Å². The lowest BCUT2D eigenvalue weighted by Gasteiger charge is -2.24. The predicted octanol–water partition coefficient (Wildman–Crippen LogP) is 3.35. The number of aliphatic hydroxyl groups is 4. The third-order valence-electron chi connectivity index (χ3n) is 4.75. The molecule has 0 saturated carbocycles. The molecule has 24 heavy (non-hydrogen) atoms. The highest BCUT2D eigenvalue weighted by Crippen LogP contribution is 2.30. The zero-order valence-electron chi connectivity index (χ0n) is 15.5. The molecule has 1 rings (SSSR count). The monoisotopic (exact) mass is 338 g/mol. The zero-order valence-corrected chi connectivity index (χ0v) is 15.5. The predicted molar refractivity (Wildman–Crippen MR) is 96.6 cm³/mol. The quantitative estimate of drug-likeness (QED) is 0.527. The molecule has 0 aliphatic carbocycles. The first-order valence-corrected chi connectivity index (χ1v) is 8.78. The summed E-state index contributed by atoms with van der Waals surface area (Å²) in [5.41, 5.74) is 1.29. The van der Waals surface area contributed by atoms with E-state index in [9.17, 15) is 20.4 Å². The number of benzene rings is 1. The fraction of sp³-hybridized carbons (Fsp3) is 0.700. The molecule has 0 radical (unpaired) electrons. The first-order valence-electron chi connectivity index (χ1n) is 8.78. The van der Waals surface area contributed by atoms with E-state index in [4.69, 9.17) is 0 Å². The summed E-state index contributed by atoms with van der Waals surface area (Å²) < 4.78 is 0. The summed E-state index contributed by atoms with van der Waals surface area (Å²) in [6.07, 6.45) is 1.56. The summed E-state index contributed by atoms with van der Waals surface area (Å²) in [5.74, 6) is 0. The molecule has 0 heterocycles. The summed E-state index contributed by atoms with van der Waals surface area (Å²) >= 11 is 0. The molecule has 0 aliphatic rings. The van der Waals surface area contributed by atoms with E-state index in [0.29, 0.717) is 12.8 Å². The molecule has 0 aromatic heterocycles. The Kier molecular flexibility index (Phi) is 7.87. The Hall–Kier alpha value is -0.940. The first kappa shape index (κ1) is 21.1. The summed E-state index contributed by atoms with van der Waals surface area (Å²) in [7, 11) is 0. The van der Waals surface area contributed by atoms with Crippen molar-refractivity contribution in [3.8, 4) is 0 Å². The molecule has 4 nitrogen and oxygen atoms in total. The molecule has 2 atom stereocenters. The molecule has 4 heteroatoms. The number of hydrogen-bond donors (Lipinski definition) is 4. The maximum atomic E-state index is 10.3. The van der Waals surface area contributed by atoms with Crippen LogP contribution in [0.2, 0.25) is 0 Å². The largest absolute Gasteiger partial charge is 0.396 e. The second-order valence-electron chi connectivity index (χ2n) is 8.42. The number of hydrogen-bond acceptors (Lipinski definition) is 4. The Labute approximate surface area is 146 Å². The summed E-state index contributed by atoms with van der Waals surface area (Å²) in [4.78, 5) is 0. The molecular weight excluding hydrogens is 304 g/mol. The van der Waals surface area contributed by atoms with Crippen LogP contribution < -0.4 is 0 Å². The van der Waals surface area contributed by atoms with Crippen LogP contribution in [0.3, 0.4) is 0 Å². The lowest BCUT2D eigenvalue weighted by molar-refractivity contribution is 0.106. The van der Waals surface area contributed by atoms with Crippen molar-refractivity contribution in [2.24, 2.45) is 10.8 Å². The normalized spacial score (nSPS) is 15.3. The van der Waals surface area contributed by atoms with Crippen molar-refractivity contribution in [2.75, 3.05) is 13.2 Å². The number of rotatable bonds is 10. The van der Waals surface area contributed by atoms with Crippen molar-refractivity contribution in [2.45, 2.75) is 65.6 Å². The van der Waals surface area contributed by atoms with Crippen LogP contribution in [0.1, 0.15) is 76.7 Å². The van der Waals surface area contributed by atoms with Gasteiger partial charge in [0.1, 0.15) is 0 Å². The average molecular weight is 338 g/mol. The zero-order chi connectivity index (χ0) is 18.4. The fourth-order valence-corrected chi connectivity index (χ4v) is 2.49. The van der Waals surface area contributed by atoms with Crippen molar-refractivity contribution < 1.29 is 20.4 Å². The Bertz CT molecular complexity index is 434. The molecule has 0 amide bonds. The Morgan fingerprint density at radius 1 is 0.708 bits per heavy atom. The molecule has 138 valence electrons. The van der Waals surface area contributed by atoms with Gasteiger partial charge in [0.25, 0.3) is 0 Å². The van der Waals surface area contributed by atoms with E-state index in [-0.39, 0.29) is 24.0 Å². The molecule has 4 N–H and O–H groups in total. The van der Waals surface area contributed by atoms with Crippen molar-refractivity contribution in [1.29, 1.82) is 0 Å². The third-order valence-corrected chi connectivity index (χ3v) is 4.75. The lowest BCUT2D eigenvalue weighted by atomic mass is 9.86. The van der Waals surface area contributed by atoms with Crippen LogP contribution in [0.5, 0.6) is 0 Å². The SMILES string of the molecule is CC(C)(CO)CCC(O)c1ccc(C(O)CCC(C)(C)CO)cc1. The third kappa shape index (κ3) is 6.89. The van der Waals surface area contributed by atoms with Gasteiger partial charge in [-0.15, -0.1) is 0 Å². The van der Waals surface area contributed by atoms with Gasteiger partial charge in [0.2, 0.25) is 0 Å². The van der Waals surface area contributed by atoms with Crippen molar-refractivity contribution in [1.82, 2.24) is 0 Å². The van der Waals surface area contributed by atoms with Crippen LogP contribution in [-0.2, 0) is 0 Å². The lowest BCUT2D eigenvalue weighted by Crippen LogP contribution is -2.18. The van der Waals surface area contributed by atoms with Crippen LogP contribution in [0.25, 0.3) is 0 Å². The topological polar surface area (TPSA) is 80.9 Å². The van der Waals surface area contributed by atoms with Gasteiger partial charge in [0, 0.05) is 13.2 Å². The smallest absolute Gasteiger partial charge is 0.0790 e. The van der Waals surface area contributed by atoms with E-state index in [1.807, 2.05) is 52.0 Å². The average Bonchev–Trinajstić information content (AvgIpc) is 2.58. The fourth-order valence-electron chi connectivity index (χ4n) is 2.49. The molecule has 0 fully saturated rings. The molecule has 0 aliphatic heterocycles. The van der Waals surface area contributed by atoms with Crippen LogP contribution >= 0.6 is 0 Å². The van der Waals surface area contributed by atoms with Crippen molar-refractivity contribution in [3.05, 3.63) is 35.4 Å². The molecule has 0 bridgehead atoms. The van der Waals surface area contributed by atoms with Gasteiger partial charge in [-0.3, -0.25) is 0 Å². The van der Waals surface area contributed by atoms with E-state index < -0.39 is 12.2 Å². The molecule has 1 aromatic rings. The van der Waals surface area contributed by atoms with Crippen molar-refractivity contribution in [3.63, 3.8) is 0 Å². The first-order chi connectivity index (χ1) is 11.1. The second-order valence-corrected chi connectivity index (χ2v) is 8.42. The van der Waals surface area contributed by atoms with E-state index >= 15 is 0 Å². The summed E-state index contributed by atoms with van der Waals surface area (Å²) in [6, 6.07) is 7.41. The molecule has 0 saturated heterocycles. The Morgan fingerprint density at radius 2 is 1.00 bits per heavy atom. The van der Waals surface area contributed by atoms with Crippen LogP contribution in [-0.4, -0.2) is 33.6 Å². The van der Waals surface area contributed by atoms with Crippen LogP contribution in [0.4, 0.5) is 0 Å². The minimum absolute atomic E-state index is 0.106. The highest BCUT2D eigenvalue weighted by atomic mass is 16.3. The summed E-state index contributed by atoms with van der Waals surface area (Å²) in [6.45, 7) is 8.13. The minimum Gasteiger partial charge on any atom is -0.396 e. The maximum Gasteiger partial charge on any atom is 0.0790 e. The van der Waals surface area contributed by atoms with Crippen LogP contribution in [0.15, 0.2) is 24.3 Å². The minimum atomic E-state index is -0.560. The standard InChI is InChI=1S/C20H34O4/c1-19(2,13-21)11-9-17(23)15-5-7-16(8-6-15)18(24)10-12-20(3,4)14-22/h5-8,17-18,21-24H,9-14H2,1-4H3.